The van der Waals surface area contributed by atoms with E-state index in [2.05, 4.69) is 34.4 Å². The highest BCUT2D eigenvalue weighted by Gasteiger charge is 2.27. The lowest BCUT2D eigenvalue weighted by molar-refractivity contribution is -0.0347. The Labute approximate surface area is 319 Å². The van der Waals surface area contributed by atoms with Crippen LogP contribution in [0.1, 0.15) is 102 Å². The molecule has 0 atom stereocenters. The Morgan fingerprint density at radius 2 is 1.69 bits per heavy atom. The van der Waals surface area contributed by atoms with Crippen molar-refractivity contribution in [1.29, 1.82) is 5.41 Å². The number of carbonyl (C=O) groups excluding carboxylic acids is 5. The summed E-state index contributed by atoms with van der Waals surface area (Å²) in [6, 6.07) is 12.1. The second-order valence-corrected chi connectivity index (χ2v) is 12.9. The summed E-state index contributed by atoms with van der Waals surface area (Å²) in [7, 11) is 1.43. The van der Waals surface area contributed by atoms with E-state index in [4.69, 9.17) is 29.1 Å². The maximum atomic E-state index is 14.0. The van der Waals surface area contributed by atoms with Gasteiger partial charge in [-0.3, -0.25) is 20.3 Å². The van der Waals surface area contributed by atoms with Gasteiger partial charge in [0, 0.05) is 40.0 Å². The minimum absolute atomic E-state index is 0.0717. The minimum Gasteiger partial charge on any atom is -0.496 e. The summed E-state index contributed by atoms with van der Waals surface area (Å²) in [6.07, 6.45) is 5.07. The summed E-state index contributed by atoms with van der Waals surface area (Å²) < 4.78 is 25.7. The van der Waals surface area contributed by atoms with E-state index in [1.165, 1.54) is 37.5 Å². The Hall–Kier alpha value is -6.25. The molecule has 0 aliphatic heterocycles. The lowest BCUT2D eigenvalue weighted by atomic mass is 9.94. The number of methoxy groups -OCH3 is 1. The van der Waals surface area contributed by atoms with E-state index in [-0.39, 0.29) is 40.5 Å². The summed E-state index contributed by atoms with van der Waals surface area (Å²) in [5.41, 5.74) is 1.17. The Kier molecular flexibility index (Phi) is 15.3. The minimum atomic E-state index is -1.05. The summed E-state index contributed by atoms with van der Waals surface area (Å²) in [5, 5.41) is 16.3. The topological polar surface area (TPSA) is 204 Å². The molecule has 3 aromatic rings. The van der Waals surface area contributed by atoms with Gasteiger partial charge in [0.25, 0.3) is 11.8 Å². The molecule has 1 saturated carbocycles. The second kappa shape index (κ2) is 20.3. The molecule has 0 radical (unpaired) electrons. The molecule has 1 aromatic heterocycles. The molecule has 0 saturated heterocycles. The standard InChI is InChI=1S/C40H47N5O10/c1-6-8-9-10-19-52-39(49)45-35(41)27-13-15-28(16-14-27)43-36(46)31-20-26(7-2)33(51-5)21-30(31)29-17-18-32(37(47)42-22-25-11-12-25)44-34(29)38(48)53-23-54-40(50)55-24(3)4/h7,13-18,20-21,24-25H,2,6,8-12,19,22-23H2,1,3-5H3,(H,42,47)(H,43,46)(H2,41,45,49). The van der Waals surface area contributed by atoms with E-state index in [1.54, 1.807) is 38.1 Å². The third-order valence-electron chi connectivity index (χ3n) is 8.28. The molecule has 0 unspecified atom stereocenters. The van der Waals surface area contributed by atoms with Crippen LogP contribution in [0.3, 0.4) is 0 Å². The molecule has 2 aromatic carbocycles. The lowest BCUT2D eigenvalue weighted by Gasteiger charge is -2.17. The Morgan fingerprint density at radius 1 is 0.945 bits per heavy atom. The molecule has 1 heterocycles. The molecule has 0 bridgehead atoms. The maximum Gasteiger partial charge on any atom is 0.511 e. The van der Waals surface area contributed by atoms with Crippen LogP contribution in [-0.4, -0.2) is 74.0 Å². The zero-order valence-electron chi connectivity index (χ0n) is 31.5. The first kappa shape index (κ1) is 41.5. The predicted molar refractivity (Wildman–Crippen MR) is 204 cm³/mol. The average Bonchev–Trinajstić information content (AvgIpc) is 4.00. The summed E-state index contributed by atoms with van der Waals surface area (Å²) in [6.45, 7) is 9.07. The number of aromatic nitrogens is 1. The van der Waals surface area contributed by atoms with Gasteiger partial charge in [0.1, 0.15) is 17.3 Å². The van der Waals surface area contributed by atoms with Gasteiger partial charge in [0.15, 0.2) is 5.69 Å². The van der Waals surface area contributed by atoms with Crippen LogP contribution in [-0.2, 0) is 18.9 Å². The molecule has 1 aliphatic carbocycles. The van der Waals surface area contributed by atoms with Crippen molar-refractivity contribution in [3.8, 4) is 16.9 Å². The first-order valence-corrected chi connectivity index (χ1v) is 18.0. The van der Waals surface area contributed by atoms with Crippen molar-refractivity contribution in [2.45, 2.75) is 65.4 Å². The van der Waals surface area contributed by atoms with E-state index in [0.717, 1.165) is 38.5 Å². The van der Waals surface area contributed by atoms with E-state index in [9.17, 15) is 24.0 Å². The number of rotatable bonds is 18. The molecule has 1 fully saturated rings. The number of unbranched alkanes of at least 4 members (excludes halogenated alkanes) is 3. The molecule has 292 valence electrons. The van der Waals surface area contributed by atoms with Gasteiger partial charge in [0.2, 0.25) is 6.79 Å². The van der Waals surface area contributed by atoms with Crippen molar-refractivity contribution >= 4 is 47.6 Å². The van der Waals surface area contributed by atoms with E-state index in [1.807, 2.05) is 0 Å². The van der Waals surface area contributed by atoms with E-state index < -0.39 is 42.9 Å². The van der Waals surface area contributed by atoms with Crippen LogP contribution >= 0.6 is 0 Å². The van der Waals surface area contributed by atoms with Gasteiger partial charge in [0.05, 0.1) is 19.8 Å². The number of carbonyl (C=O) groups is 5. The Balaban J connectivity index is 1.61. The fourth-order valence-electron chi connectivity index (χ4n) is 5.20. The number of alkyl carbamates (subject to hydrolysis) is 1. The van der Waals surface area contributed by atoms with Crippen molar-refractivity contribution in [3.05, 3.63) is 83.2 Å². The lowest BCUT2D eigenvalue weighted by Crippen LogP contribution is -2.31. The fraction of sp³-hybridized carbons (Fsp3) is 0.375. The highest BCUT2D eigenvalue weighted by Crippen LogP contribution is 2.35. The molecule has 55 heavy (non-hydrogen) atoms. The molecule has 1 aliphatic rings. The highest BCUT2D eigenvalue weighted by molar-refractivity contribution is 6.11. The van der Waals surface area contributed by atoms with Gasteiger partial charge in [-0.05, 0) is 87.6 Å². The molecule has 0 spiro atoms. The normalized spacial score (nSPS) is 11.9. The van der Waals surface area contributed by atoms with Crippen LogP contribution in [0.25, 0.3) is 17.2 Å². The summed E-state index contributed by atoms with van der Waals surface area (Å²) in [5.74, 6) is -1.62. The number of benzene rings is 2. The number of esters is 1. The third-order valence-corrected chi connectivity index (χ3v) is 8.28. The molecular formula is C40H47N5O10. The quantitative estimate of drug-likeness (QED) is 0.0257. The number of nitrogens with zero attached hydrogens (tertiary/aromatic N) is 1. The van der Waals surface area contributed by atoms with Crippen LogP contribution < -0.4 is 20.7 Å². The van der Waals surface area contributed by atoms with Crippen LogP contribution in [0, 0.1) is 11.3 Å². The largest absolute Gasteiger partial charge is 0.511 e. The zero-order valence-corrected chi connectivity index (χ0v) is 31.5. The number of ether oxygens (including phenoxy) is 5. The summed E-state index contributed by atoms with van der Waals surface area (Å²) >= 11 is 0. The second-order valence-electron chi connectivity index (χ2n) is 12.9. The first-order chi connectivity index (χ1) is 26.4. The number of amides is 3. The SMILES string of the molecule is C=Cc1cc(C(=O)Nc2ccc(C(=N)NC(=O)OCCCCCC)cc2)c(-c2ccc(C(=O)NCC3CC3)nc2C(=O)OCOC(=O)OC(C)C)cc1OC. The van der Waals surface area contributed by atoms with Gasteiger partial charge in [-0.25, -0.2) is 19.4 Å². The van der Waals surface area contributed by atoms with Gasteiger partial charge in [-0.1, -0.05) is 38.8 Å². The summed E-state index contributed by atoms with van der Waals surface area (Å²) in [4.78, 5) is 68.9. The number of hydrogen-bond donors (Lipinski definition) is 4. The zero-order chi connectivity index (χ0) is 39.9. The van der Waals surface area contributed by atoms with Gasteiger partial charge in [-0.2, -0.15) is 0 Å². The van der Waals surface area contributed by atoms with Crippen LogP contribution in [0.15, 0.2) is 55.1 Å². The molecule has 4 rings (SSSR count). The van der Waals surface area contributed by atoms with E-state index >= 15 is 0 Å². The smallest absolute Gasteiger partial charge is 0.496 e. The van der Waals surface area contributed by atoms with Crippen molar-refractivity contribution in [3.63, 3.8) is 0 Å². The number of amidine groups is 1. The number of nitrogens with one attached hydrogen (secondary N) is 4. The van der Waals surface area contributed by atoms with Gasteiger partial charge < -0.3 is 34.3 Å². The molecule has 3 amide bonds. The van der Waals surface area contributed by atoms with Crippen molar-refractivity contribution in [2.75, 3.05) is 32.4 Å². The fourth-order valence-corrected chi connectivity index (χ4v) is 5.20. The van der Waals surface area contributed by atoms with Gasteiger partial charge in [-0.15, -0.1) is 0 Å². The monoisotopic (exact) mass is 757 g/mol. The van der Waals surface area contributed by atoms with Crippen LogP contribution in [0.2, 0.25) is 0 Å². The van der Waals surface area contributed by atoms with Crippen molar-refractivity contribution in [1.82, 2.24) is 15.6 Å². The molecule has 4 N–H and O–H groups in total. The average molecular weight is 758 g/mol. The molecular weight excluding hydrogens is 710 g/mol. The Bertz CT molecular complexity index is 1890. The highest BCUT2D eigenvalue weighted by atomic mass is 16.8. The molecule has 15 heteroatoms. The number of anilines is 1. The van der Waals surface area contributed by atoms with Gasteiger partial charge >= 0.3 is 18.2 Å². The van der Waals surface area contributed by atoms with Crippen LogP contribution in [0.5, 0.6) is 5.75 Å². The first-order valence-electron chi connectivity index (χ1n) is 18.0. The van der Waals surface area contributed by atoms with Crippen LogP contribution in [0.4, 0.5) is 15.3 Å². The van der Waals surface area contributed by atoms with Crippen molar-refractivity contribution in [2.24, 2.45) is 5.92 Å². The molecule has 15 nitrogen and oxygen atoms in total. The maximum absolute atomic E-state index is 14.0. The Morgan fingerprint density at radius 3 is 2.35 bits per heavy atom. The number of hydrogen-bond acceptors (Lipinski definition) is 12. The number of pyridine rings is 1. The van der Waals surface area contributed by atoms with Crippen molar-refractivity contribution < 1.29 is 47.7 Å². The predicted octanol–water partition coefficient (Wildman–Crippen LogP) is 7.10. The third kappa shape index (κ3) is 12.4. The van der Waals surface area contributed by atoms with E-state index in [0.29, 0.717) is 35.0 Å².